The average Bonchev–Trinajstić information content (AvgIpc) is 2.92. The lowest BCUT2D eigenvalue weighted by atomic mass is 10.0. The van der Waals surface area contributed by atoms with E-state index in [1.54, 1.807) is 25.5 Å². The highest BCUT2D eigenvalue weighted by molar-refractivity contribution is 6.07. The molecule has 4 rings (SSSR count). The summed E-state index contributed by atoms with van der Waals surface area (Å²) >= 11 is 0. The van der Waals surface area contributed by atoms with Gasteiger partial charge < -0.3 is 14.2 Å². The third kappa shape index (κ3) is 5.81. The zero-order valence-electron chi connectivity index (χ0n) is 20.7. The van der Waals surface area contributed by atoms with Crippen molar-refractivity contribution in [1.29, 1.82) is 0 Å². The minimum atomic E-state index is -0.331. The second-order valence-corrected chi connectivity index (χ2v) is 7.99. The maximum absolute atomic E-state index is 13.2. The molecule has 0 aliphatic carbocycles. The van der Waals surface area contributed by atoms with E-state index in [-0.39, 0.29) is 5.91 Å². The Morgan fingerprint density at radius 2 is 1.83 bits per heavy atom. The summed E-state index contributed by atoms with van der Waals surface area (Å²) < 4.78 is 16.7. The molecule has 4 aromatic rings. The van der Waals surface area contributed by atoms with Crippen molar-refractivity contribution >= 4 is 23.0 Å². The van der Waals surface area contributed by atoms with Gasteiger partial charge in [0.25, 0.3) is 5.91 Å². The van der Waals surface area contributed by atoms with E-state index >= 15 is 0 Å². The number of nitrogens with zero attached hydrogens (tertiary/aromatic N) is 2. The van der Waals surface area contributed by atoms with Gasteiger partial charge in [-0.25, -0.2) is 10.4 Å². The van der Waals surface area contributed by atoms with Crippen LogP contribution in [0.1, 0.15) is 36.2 Å². The highest BCUT2D eigenvalue weighted by Crippen LogP contribution is 2.28. The maximum atomic E-state index is 13.2. The number of amides is 1. The van der Waals surface area contributed by atoms with Crippen molar-refractivity contribution < 1.29 is 19.0 Å². The average molecular weight is 484 g/mol. The molecule has 0 radical (unpaired) electrons. The number of rotatable bonds is 10. The summed E-state index contributed by atoms with van der Waals surface area (Å²) in [6.45, 7) is 5.16. The summed E-state index contributed by atoms with van der Waals surface area (Å²) in [4.78, 5) is 18.0. The number of ether oxygens (including phenoxy) is 3. The number of hydrogen-bond donors (Lipinski definition) is 1. The van der Waals surface area contributed by atoms with Crippen molar-refractivity contribution in [2.75, 3.05) is 20.3 Å². The quantitative estimate of drug-likeness (QED) is 0.226. The molecule has 36 heavy (non-hydrogen) atoms. The zero-order chi connectivity index (χ0) is 25.3. The highest BCUT2D eigenvalue weighted by Gasteiger charge is 2.14. The first kappa shape index (κ1) is 24.7. The minimum Gasteiger partial charge on any atom is -0.494 e. The summed E-state index contributed by atoms with van der Waals surface area (Å²) in [5, 5.41) is 4.91. The van der Waals surface area contributed by atoms with Crippen LogP contribution in [0.15, 0.2) is 77.9 Å². The van der Waals surface area contributed by atoms with Crippen LogP contribution in [0.2, 0.25) is 0 Å². The Morgan fingerprint density at radius 1 is 0.972 bits per heavy atom. The molecule has 0 fully saturated rings. The van der Waals surface area contributed by atoms with Crippen LogP contribution in [0.25, 0.3) is 22.2 Å². The van der Waals surface area contributed by atoms with Gasteiger partial charge in [-0.1, -0.05) is 37.3 Å². The van der Waals surface area contributed by atoms with Gasteiger partial charge in [0.1, 0.15) is 5.75 Å². The largest absolute Gasteiger partial charge is 0.494 e. The topological polar surface area (TPSA) is 82.0 Å². The van der Waals surface area contributed by atoms with Gasteiger partial charge in [-0.3, -0.25) is 4.79 Å². The van der Waals surface area contributed by atoms with Crippen LogP contribution in [0, 0.1) is 0 Å². The number of nitrogens with one attached hydrogen (secondary N) is 1. The molecule has 7 heteroatoms. The van der Waals surface area contributed by atoms with Gasteiger partial charge in [0, 0.05) is 10.9 Å². The number of benzene rings is 3. The Kier molecular flexibility index (Phi) is 8.13. The number of carbonyl (C=O) groups excluding carboxylic acids is 1. The van der Waals surface area contributed by atoms with E-state index in [0.29, 0.717) is 36.0 Å². The second-order valence-electron chi connectivity index (χ2n) is 7.99. The minimum absolute atomic E-state index is 0.331. The lowest BCUT2D eigenvalue weighted by Gasteiger charge is -2.11. The van der Waals surface area contributed by atoms with Crippen molar-refractivity contribution in [3.05, 3.63) is 83.9 Å². The first-order valence-corrected chi connectivity index (χ1v) is 11.9. The fraction of sp³-hybridized carbons (Fsp3) is 0.207. The Labute approximate surface area is 210 Å². The fourth-order valence-electron chi connectivity index (χ4n) is 3.74. The van der Waals surface area contributed by atoms with Crippen LogP contribution in [0.4, 0.5) is 0 Å². The predicted octanol–water partition coefficient (Wildman–Crippen LogP) is 5.86. The molecule has 0 aliphatic heterocycles. The molecule has 0 saturated carbocycles. The van der Waals surface area contributed by atoms with Gasteiger partial charge in [0.15, 0.2) is 11.5 Å². The Bertz CT molecular complexity index is 1380. The molecular weight excluding hydrogens is 454 g/mol. The van der Waals surface area contributed by atoms with E-state index in [1.807, 2.05) is 67.6 Å². The van der Waals surface area contributed by atoms with Gasteiger partial charge in [-0.05, 0) is 61.4 Å². The molecule has 184 valence electrons. The molecule has 1 N–H and O–H groups in total. The highest BCUT2D eigenvalue weighted by atomic mass is 16.5. The van der Waals surface area contributed by atoms with Gasteiger partial charge in [-0.2, -0.15) is 5.10 Å². The molecule has 0 saturated heterocycles. The molecule has 1 heterocycles. The summed E-state index contributed by atoms with van der Waals surface area (Å²) in [6, 6.07) is 22.5. The number of pyridine rings is 1. The lowest BCUT2D eigenvalue weighted by Crippen LogP contribution is -2.18. The molecule has 0 unspecified atom stereocenters. The summed E-state index contributed by atoms with van der Waals surface area (Å²) in [5.41, 5.74) is 6.16. The number of methoxy groups -OCH3 is 1. The monoisotopic (exact) mass is 483 g/mol. The number of carbonyl (C=O) groups is 1. The molecule has 0 spiro atoms. The third-order valence-corrected chi connectivity index (χ3v) is 5.43. The van der Waals surface area contributed by atoms with E-state index in [9.17, 15) is 4.79 Å². The molecular formula is C29H29N3O4. The number of aromatic nitrogens is 1. The Morgan fingerprint density at radius 3 is 2.64 bits per heavy atom. The van der Waals surface area contributed by atoms with Crippen LogP contribution < -0.4 is 19.6 Å². The number of hydrogen-bond acceptors (Lipinski definition) is 6. The number of hydrazone groups is 1. The maximum Gasteiger partial charge on any atom is 0.272 e. The summed E-state index contributed by atoms with van der Waals surface area (Å²) in [7, 11) is 1.58. The van der Waals surface area contributed by atoms with Gasteiger partial charge in [0.05, 0.1) is 43.3 Å². The molecule has 0 bridgehead atoms. The molecule has 0 aliphatic rings. The van der Waals surface area contributed by atoms with Crippen molar-refractivity contribution in [2.24, 2.45) is 5.10 Å². The van der Waals surface area contributed by atoms with E-state index in [1.165, 1.54) is 0 Å². The number of para-hydroxylation sites is 1. The molecule has 1 aromatic heterocycles. The zero-order valence-corrected chi connectivity index (χ0v) is 20.7. The molecule has 1 amide bonds. The van der Waals surface area contributed by atoms with E-state index in [2.05, 4.69) is 17.5 Å². The van der Waals surface area contributed by atoms with Gasteiger partial charge in [0.2, 0.25) is 0 Å². The van der Waals surface area contributed by atoms with Gasteiger partial charge >= 0.3 is 0 Å². The van der Waals surface area contributed by atoms with Crippen LogP contribution >= 0.6 is 0 Å². The Balaban J connectivity index is 1.60. The second kappa shape index (κ2) is 11.8. The van der Waals surface area contributed by atoms with Crippen molar-refractivity contribution in [3.8, 4) is 28.5 Å². The first-order valence-electron chi connectivity index (χ1n) is 11.9. The smallest absolute Gasteiger partial charge is 0.272 e. The van der Waals surface area contributed by atoms with E-state index in [4.69, 9.17) is 19.2 Å². The Hall–Kier alpha value is -4.39. The third-order valence-electron chi connectivity index (χ3n) is 5.43. The predicted molar refractivity (Wildman–Crippen MR) is 142 cm³/mol. The number of fused-ring (bicyclic) bond motifs is 1. The van der Waals surface area contributed by atoms with Crippen LogP contribution in [0.3, 0.4) is 0 Å². The van der Waals surface area contributed by atoms with E-state index < -0.39 is 0 Å². The normalized spacial score (nSPS) is 11.0. The fourth-order valence-corrected chi connectivity index (χ4v) is 3.74. The van der Waals surface area contributed by atoms with Crippen molar-refractivity contribution in [1.82, 2.24) is 10.4 Å². The molecule has 3 aromatic carbocycles. The van der Waals surface area contributed by atoms with Gasteiger partial charge in [-0.15, -0.1) is 0 Å². The van der Waals surface area contributed by atoms with Crippen LogP contribution in [-0.4, -0.2) is 37.4 Å². The summed E-state index contributed by atoms with van der Waals surface area (Å²) in [6.07, 6.45) is 2.49. The van der Waals surface area contributed by atoms with Crippen molar-refractivity contribution in [2.45, 2.75) is 20.3 Å². The summed E-state index contributed by atoms with van der Waals surface area (Å²) in [5.74, 6) is 1.69. The molecule has 7 nitrogen and oxygen atoms in total. The lowest BCUT2D eigenvalue weighted by molar-refractivity contribution is 0.0956. The standard InChI is InChI=1S/C29H29N3O4/c1-4-15-36-22-10-8-9-21(17-22)26-18-24(23-11-6-7-12-25(23)31-26)29(33)32-30-19-20-13-14-27(35-5-2)28(16-20)34-3/h6-14,16-19H,4-5,15H2,1-3H3,(H,32,33). The van der Waals surface area contributed by atoms with E-state index in [0.717, 1.165) is 34.2 Å². The molecule has 0 atom stereocenters. The first-order chi connectivity index (χ1) is 17.6. The SMILES string of the molecule is CCCOc1cccc(-c2cc(C(=O)NN=Cc3ccc(OCC)c(OC)c3)c3ccccc3n2)c1. The van der Waals surface area contributed by atoms with Crippen LogP contribution in [0.5, 0.6) is 17.2 Å². The van der Waals surface area contributed by atoms with Crippen molar-refractivity contribution in [3.63, 3.8) is 0 Å². The van der Waals surface area contributed by atoms with Crippen LogP contribution in [-0.2, 0) is 0 Å².